The van der Waals surface area contributed by atoms with Gasteiger partial charge in [0.1, 0.15) is 10.7 Å². The number of piperazine rings is 1. The first-order valence-electron chi connectivity index (χ1n) is 8.73. The van der Waals surface area contributed by atoms with E-state index in [9.17, 15) is 4.79 Å². The number of aromatic nitrogens is 2. The van der Waals surface area contributed by atoms with Gasteiger partial charge in [-0.1, -0.05) is 11.6 Å². The highest BCUT2D eigenvalue weighted by atomic mass is 35.5. The zero-order valence-electron chi connectivity index (χ0n) is 14.2. The van der Waals surface area contributed by atoms with Gasteiger partial charge in [0.05, 0.1) is 15.7 Å². The van der Waals surface area contributed by atoms with Crippen LogP contribution in [0.1, 0.15) is 33.2 Å². The molecule has 7 heteroatoms. The lowest BCUT2D eigenvalue weighted by Crippen LogP contribution is -2.49. The largest absolute Gasteiger partial charge is 0.352 e. The summed E-state index contributed by atoms with van der Waals surface area (Å²) in [5.74, 6) is 1.71. The van der Waals surface area contributed by atoms with Crippen LogP contribution < -0.4 is 4.90 Å². The molecule has 132 valence electrons. The highest BCUT2D eigenvalue weighted by Crippen LogP contribution is 2.34. The smallest absolute Gasteiger partial charge is 0.265 e. The number of hydrogen-bond donors (Lipinski definition) is 0. The lowest BCUT2D eigenvalue weighted by Gasteiger charge is -2.35. The van der Waals surface area contributed by atoms with E-state index in [4.69, 9.17) is 11.6 Å². The summed E-state index contributed by atoms with van der Waals surface area (Å²) in [7, 11) is 0. The number of anilines is 1. The second-order valence-electron chi connectivity index (χ2n) is 6.76. The Kier molecular flexibility index (Phi) is 4.65. The van der Waals surface area contributed by atoms with Crippen LogP contribution >= 0.6 is 22.9 Å². The molecule has 1 aliphatic heterocycles. The summed E-state index contributed by atoms with van der Waals surface area (Å²) in [6.07, 6.45) is 5.39. The number of hydrogen-bond acceptors (Lipinski definition) is 5. The SMILES string of the molecule is Cc1nc(CC2CC2)sc1C(=O)N1CCN(c2ncccc2Cl)CC1. The number of aryl methyl sites for hydroxylation is 1. The molecule has 0 bridgehead atoms. The first-order valence-corrected chi connectivity index (χ1v) is 9.92. The summed E-state index contributed by atoms with van der Waals surface area (Å²) < 4.78 is 0. The molecule has 0 spiro atoms. The first kappa shape index (κ1) is 16.8. The molecule has 25 heavy (non-hydrogen) atoms. The number of pyridine rings is 1. The van der Waals surface area contributed by atoms with Crippen molar-refractivity contribution in [2.45, 2.75) is 26.2 Å². The molecule has 2 aliphatic rings. The molecule has 1 amide bonds. The molecule has 1 aliphatic carbocycles. The van der Waals surface area contributed by atoms with Crippen molar-refractivity contribution in [2.24, 2.45) is 5.92 Å². The van der Waals surface area contributed by atoms with E-state index in [1.54, 1.807) is 17.5 Å². The fraction of sp³-hybridized carbons (Fsp3) is 0.500. The zero-order chi connectivity index (χ0) is 17.4. The maximum atomic E-state index is 12.9. The van der Waals surface area contributed by atoms with Crippen molar-refractivity contribution in [1.29, 1.82) is 0 Å². The van der Waals surface area contributed by atoms with Gasteiger partial charge in [0.15, 0.2) is 0 Å². The van der Waals surface area contributed by atoms with Crippen LogP contribution in [0.5, 0.6) is 0 Å². The quantitative estimate of drug-likeness (QED) is 0.820. The Hall–Kier alpha value is -1.66. The highest BCUT2D eigenvalue weighted by molar-refractivity contribution is 7.13. The lowest BCUT2D eigenvalue weighted by atomic mass is 10.2. The summed E-state index contributed by atoms with van der Waals surface area (Å²) in [6.45, 7) is 4.80. The Morgan fingerprint density at radius 2 is 2.08 bits per heavy atom. The molecule has 0 N–H and O–H groups in total. The van der Waals surface area contributed by atoms with Gasteiger partial charge in [-0.2, -0.15) is 0 Å². The molecule has 1 saturated heterocycles. The monoisotopic (exact) mass is 376 g/mol. The number of carbonyl (C=O) groups is 1. The third kappa shape index (κ3) is 3.65. The fourth-order valence-corrected chi connectivity index (χ4v) is 4.57. The standard InChI is InChI=1S/C18H21ClN4OS/c1-12-16(25-15(21-12)11-13-4-5-13)18(24)23-9-7-22(8-10-23)17-14(19)3-2-6-20-17/h2-3,6,13H,4-5,7-11H2,1H3. The molecular weight excluding hydrogens is 356 g/mol. The molecule has 1 saturated carbocycles. The Morgan fingerprint density at radius 3 is 2.76 bits per heavy atom. The Bertz CT molecular complexity index is 781. The van der Waals surface area contributed by atoms with E-state index in [-0.39, 0.29) is 5.91 Å². The van der Waals surface area contributed by atoms with Crippen LogP contribution in [0.2, 0.25) is 5.02 Å². The predicted octanol–water partition coefficient (Wildman–Crippen LogP) is 3.41. The molecule has 2 aromatic rings. The van der Waals surface area contributed by atoms with E-state index in [1.165, 1.54) is 12.8 Å². The van der Waals surface area contributed by atoms with E-state index in [0.717, 1.165) is 46.8 Å². The number of nitrogens with zero attached hydrogens (tertiary/aromatic N) is 4. The third-order valence-corrected chi connectivity index (χ3v) is 6.26. The van der Waals surface area contributed by atoms with Crippen LogP contribution in [0.15, 0.2) is 18.3 Å². The predicted molar refractivity (Wildman–Crippen MR) is 101 cm³/mol. The van der Waals surface area contributed by atoms with Gasteiger partial charge in [-0.15, -0.1) is 11.3 Å². The van der Waals surface area contributed by atoms with Crippen LogP contribution in [-0.2, 0) is 6.42 Å². The summed E-state index contributed by atoms with van der Waals surface area (Å²) in [5.41, 5.74) is 0.876. The topological polar surface area (TPSA) is 49.3 Å². The molecule has 0 aromatic carbocycles. The van der Waals surface area contributed by atoms with Gasteiger partial charge in [-0.3, -0.25) is 4.79 Å². The van der Waals surface area contributed by atoms with E-state index >= 15 is 0 Å². The second kappa shape index (κ2) is 6.92. The maximum Gasteiger partial charge on any atom is 0.265 e. The van der Waals surface area contributed by atoms with Gasteiger partial charge in [0.2, 0.25) is 0 Å². The van der Waals surface area contributed by atoms with Gasteiger partial charge >= 0.3 is 0 Å². The van der Waals surface area contributed by atoms with Gasteiger partial charge in [-0.05, 0) is 37.8 Å². The average Bonchev–Trinajstić information content (AvgIpc) is 3.36. The minimum atomic E-state index is 0.115. The van der Waals surface area contributed by atoms with Crippen molar-refractivity contribution in [2.75, 3.05) is 31.1 Å². The van der Waals surface area contributed by atoms with E-state index in [1.807, 2.05) is 24.0 Å². The molecule has 0 atom stereocenters. The van der Waals surface area contributed by atoms with Crippen molar-refractivity contribution in [3.05, 3.63) is 38.9 Å². The summed E-state index contributed by atoms with van der Waals surface area (Å²) >= 11 is 7.81. The number of amides is 1. The Balaban J connectivity index is 1.41. The Labute approximate surface area is 156 Å². The van der Waals surface area contributed by atoms with Crippen molar-refractivity contribution in [3.63, 3.8) is 0 Å². The van der Waals surface area contributed by atoms with Crippen LogP contribution in [-0.4, -0.2) is 47.0 Å². The van der Waals surface area contributed by atoms with Crippen molar-refractivity contribution >= 4 is 34.7 Å². The summed E-state index contributed by atoms with van der Waals surface area (Å²) in [5, 5.41) is 1.77. The van der Waals surface area contributed by atoms with Crippen molar-refractivity contribution in [3.8, 4) is 0 Å². The van der Waals surface area contributed by atoms with E-state index in [0.29, 0.717) is 18.1 Å². The van der Waals surface area contributed by atoms with Crippen LogP contribution in [0.25, 0.3) is 0 Å². The van der Waals surface area contributed by atoms with Gasteiger partial charge in [-0.25, -0.2) is 9.97 Å². The first-order chi connectivity index (χ1) is 12.1. The number of rotatable bonds is 4. The molecule has 0 radical (unpaired) electrons. The molecule has 3 heterocycles. The Morgan fingerprint density at radius 1 is 1.32 bits per heavy atom. The van der Waals surface area contributed by atoms with Gasteiger partial charge in [0.25, 0.3) is 5.91 Å². The van der Waals surface area contributed by atoms with Crippen LogP contribution in [0.3, 0.4) is 0 Å². The highest BCUT2D eigenvalue weighted by Gasteiger charge is 2.28. The fourth-order valence-electron chi connectivity index (χ4n) is 3.18. The van der Waals surface area contributed by atoms with Crippen molar-refractivity contribution < 1.29 is 4.79 Å². The summed E-state index contributed by atoms with van der Waals surface area (Å²) in [6, 6.07) is 3.68. The number of carbonyl (C=O) groups excluding carboxylic acids is 1. The molecule has 4 rings (SSSR count). The normalized spacial score (nSPS) is 17.8. The maximum absolute atomic E-state index is 12.9. The number of thiazole rings is 1. The van der Waals surface area contributed by atoms with Crippen molar-refractivity contribution in [1.82, 2.24) is 14.9 Å². The average molecular weight is 377 g/mol. The molecule has 2 aromatic heterocycles. The number of halogens is 1. The minimum Gasteiger partial charge on any atom is -0.352 e. The zero-order valence-corrected chi connectivity index (χ0v) is 15.8. The molecule has 2 fully saturated rings. The summed E-state index contributed by atoms with van der Waals surface area (Å²) in [4.78, 5) is 26.7. The second-order valence-corrected chi connectivity index (χ2v) is 8.25. The van der Waals surface area contributed by atoms with E-state index < -0.39 is 0 Å². The molecular formula is C18H21ClN4OS. The van der Waals surface area contributed by atoms with Gasteiger partial charge < -0.3 is 9.80 Å². The van der Waals surface area contributed by atoms with E-state index in [2.05, 4.69) is 14.9 Å². The molecule has 5 nitrogen and oxygen atoms in total. The minimum absolute atomic E-state index is 0.115. The third-order valence-electron chi connectivity index (χ3n) is 4.80. The van der Waals surface area contributed by atoms with Crippen LogP contribution in [0.4, 0.5) is 5.82 Å². The lowest BCUT2D eigenvalue weighted by molar-refractivity contribution is 0.0750. The van der Waals surface area contributed by atoms with Gasteiger partial charge in [0, 0.05) is 38.8 Å². The molecule has 0 unspecified atom stereocenters. The van der Waals surface area contributed by atoms with Crippen LogP contribution in [0, 0.1) is 12.8 Å².